The SMILES string of the molecule is Cc1cc(N)nc(C[C@@H]2CN(C(=O)OC(C)(C)C)C[C@@H]2OCCNCC(F)c2ccccc2)c1. The number of ether oxygens (including phenoxy) is 2. The number of aromatic nitrogens is 1. The summed E-state index contributed by atoms with van der Waals surface area (Å²) in [6.07, 6.45) is -0.945. The molecule has 1 aromatic carbocycles. The van der Waals surface area contributed by atoms with Crippen molar-refractivity contribution in [1.29, 1.82) is 0 Å². The standard InChI is InChI=1S/C26H37FN4O3/c1-18-12-21(30-24(28)13-18)14-20-16-31(25(32)34-26(2,3)4)17-23(20)33-11-10-29-15-22(27)19-8-6-5-7-9-19/h5-9,12-13,20,22-23,29H,10-11,14-17H2,1-4H3,(H2,28,30)/t20-,22?,23+/m1/s1. The summed E-state index contributed by atoms with van der Waals surface area (Å²) in [5, 5.41) is 3.12. The Kier molecular flexibility index (Phi) is 8.85. The molecule has 186 valence electrons. The van der Waals surface area contributed by atoms with Crippen molar-refractivity contribution in [3.05, 3.63) is 59.3 Å². The van der Waals surface area contributed by atoms with Crippen LogP contribution >= 0.6 is 0 Å². The van der Waals surface area contributed by atoms with Crippen molar-refractivity contribution in [3.63, 3.8) is 0 Å². The average molecular weight is 473 g/mol. The van der Waals surface area contributed by atoms with E-state index in [0.29, 0.717) is 44.0 Å². The predicted molar refractivity (Wildman–Crippen MR) is 131 cm³/mol. The van der Waals surface area contributed by atoms with Gasteiger partial charge in [-0.05, 0) is 57.4 Å². The minimum absolute atomic E-state index is 0.0551. The van der Waals surface area contributed by atoms with E-state index in [4.69, 9.17) is 15.2 Å². The molecule has 1 aliphatic rings. The van der Waals surface area contributed by atoms with Crippen LogP contribution in [0.25, 0.3) is 0 Å². The summed E-state index contributed by atoms with van der Waals surface area (Å²) in [5.74, 6) is 0.539. The summed E-state index contributed by atoms with van der Waals surface area (Å²) >= 11 is 0. The predicted octanol–water partition coefficient (Wildman–Crippen LogP) is 4.07. The van der Waals surface area contributed by atoms with Crippen molar-refractivity contribution >= 4 is 11.9 Å². The first kappa shape index (κ1) is 25.9. The van der Waals surface area contributed by atoms with Gasteiger partial charge in [-0.2, -0.15) is 0 Å². The molecule has 2 heterocycles. The number of nitrogen functional groups attached to an aromatic ring is 1. The zero-order valence-corrected chi connectivity index (χ0v) is 20.6. The number of likely N-dealkylation sites (tertiary alicyclic amines) is 1. The summed E-state index contributed by atoms with van der Waals surface area (Å²) < 4.78 is 26.0. The molecule has 2 aromatic rings. The lowest BCUT2D eigenvalue weighted by Crippen LogP contribution is -2.36. The number of anilines is 1. The number of pyridine rings is 1. The number of aryl methyl sites for hydroxylation is 1. The van der Waals surface area contributed by atoms with Crippen LogP contribution in [0.15, 0.2) is 42.5 Å². The van der Waals surface area contributed by atoms with Crippen molar-refractivity contribution < 1.29 is 18.7 Å². The maximum Gasteiger partial charge on any atom is 0.410 e. The second-order valence-electron chi connectivity index (χ2n) is 9.90. The van der Waals surface area contributed by atoms with Crippen LogP contribution in [-0.4, -0.2) is 60.5 Å². The lowest BCUT2D eigenvalue weighted by atomic mass is 9.99. The van der Waals surface area contributed by atoms with Crippen molar-refractivity contribution in [2.75, 3.05) is 38.5 Å². The molecule has 34 heavy (non-hydrogen) atoms. The first-order valence-electron chi connectivity index (χ1n) is 11.8. The molecule has 0 saturated carbocycles. The van der Waals surface area contributed by atoms with Crippen LogP contribution < -0.4 is 11.1 Å². The summed E-state index contributed by atoms with van der Waals surface area (Å²) in [4.78, 5) is 18.8. The van der Waals surface area contributed by atoms with E-state index < -0.39 is 11.8 Å². The number of hydrogen-bond acceptors (Lipinski definition) is 6. The zero-order valence-electron chi connectivity index (χ0n) is 20.6. The van der Waals surface area contributed by atoms with Crippen LogP contribution in [0, 0.1) is 12.8 Å². The van der Waals surface area contributed by atoms with E-state index in [2.05, 4.69) is 10.3 Å². The molecular formula is C26H37FN4O3. The molecule has 8 heteroatoms. The number of nitrogens with zero attached hydrogens (tertiary/aromatic N) is 2. The van der Waals surface area contributed by atoms with Gasteiger partial charge in [-0.15, -0.1) is 0 Å². The second kappa shape index (κ2) is 11.6. The molecule has 3 atom stereocenters. The normalized spacial score (nSPS) is 19.3. The highest BCUT2D eigenvalue weighted by molar-refractivity contribution is 5.68. The minimum Gasteiger partial charge on any atom is -0.444 e. The van der Waals surface area contributed by atoms with Crippen LogP contribution in [-0.2, 0) is 15.9 Å². The van der Waals surface area contributed by atoms with Gasteiger partial charge in [-0.25, -0.2) is 14.2 Å². The van der Waals surface area contributed by atoms with E-state index in [-0.39, 0.29) is 24.7 Å². The Hall–Kier alpha value is -2.71. The molecule has 0 spiro atoms. The van der Waals surface area contributed by atoms with Crippen molar-refractivity contribution in [1.82, 2.24) is 15.2 Å². The first-order valence-corrected chi connectivity index (χ1v) is 11.8. The van der Waals surface area contributed by atoms with Gasteiger partial charge in [0.25, 0.3) is 0 Å². The molecule has 0 radical (unpaired) electrons. The van der Waals surface area contributed by atoms with Crippen LogP contribution in [0.4, 0.5) is 15.0 Å². The van der Waals surface area contributed by atoms with Gasteiger partial charge in [0.1, 0.15) is 17.6 Å². The van der Waals surface area contributed by atoms with E-state index in [1.165, 1.54) is 0 Å². The van der Waals surface area contributed by atoms with E-state index in [1.54, 1.807) is 17.0 Å². The van der Waals surface area contributed by atoms with Crippen molar-refractivity contribution in [2.24, 2.45) is 5.92 Å². The number of alkyl halides is 1. The van der Waals surface area contributed by atoms with Gasteiger partial charge in [0, 0.05) is 31.2 Å². The maximum atomic E-state index is 14.3. The number of halogens is 1. The van der Waals surface area contributed by atoms with Gasteiger partial charge >= 0.3 is 6.09 Å². The quantitative estimate of drug-likeness (QED) is 0.535. The number of carbonyl (C=O) groups excluding carboxylic acids is 1. The summed E-state index contributed by atoms with van der Waals surface area (Å²) in [6, 6.07) is 12.9. The van der Waals surface area contributed by atoms with E-state index >= 15 is 0 Å². The highest BCUT2D eigenvalue weighted by Gasteiger charge is 2.38. The van der Waals surface area contributed by atoms with Gasteiger partial charge in [-0.1, -0.05) is 30.3 Å². The summed E-state index contributed by atoms with van der Waals surface area (Å²) in [6.45, 7) is 9.64. The van der Waals surface area contributed by atoms with Gasteiger partial charge < -0.3 is 25.4 Å². The fourth-order valence-electron chi connectivity index (χ4n) is 4.13. The molecule has 7 nitrogen and oxygen atoms in total. The molecule has 0 bridgehead atoms. The Morgan fingerprint density at radius 2 is 2.00 bits per heavy atom. The van der Waals surface area contributed by atoms with Crippen LogP contribution in [0.5, 0.6) is 0 Å². The number of amides is 1. The first-order chi connectivity index (χ1) is 16.1. The molecule has 3 rings (SSSR count). The Labute approximate surface area is 201 Å². The van der Waals surface area contributed by atoms with Crippen LogP contribution in [0.3, 0.4) is 0 Å². The number of hydrogen-bond donors (Lipinski definition) is 2. The lowest BCUT2D eigenvalue weighted by molar-refractivity contribution is 0.0184. The monoisotopic (exact) mass is 472 g/mol. The van der Waals surface area contributed by atoms with Gasteiger partial charge in [0.05, 0.1) is 19.3 Å². The molecular weight excluding hydrogens is 435 g/mol. The van der Waals surface area contributed by atoms with E-state index in [9.17, 15) is 9.18 Å². The highest BCUT2D eigenvalue weighted by atomic mass is 19.1. The largest absolute Gasteiger partial charge is 0.444 e. The fraction of sp³-hybridized carbons (Fsp3) is 0.538. The third kappa shape index (κ3) is 7.95. The number of benzene rings is 1. The summed E-state index contributed by atoms with van der Waals surface area (Å²) in [5.41, 5.74) is 7.94. The third-order valence-electron chi connectivity index (χ3n) is 5.64. The number of rotatable bonds is 9. The topological polar surface area (TPSA) is 89.7 Å². The number of carbonyl (C=O) groups is 1. The van der Waals surface area contributed by atoms with Crippen LogP contribution in [0.1, 0.15) is 43.8 Å². The number of nitrogens with one attached hydrogen (secondary N) is 1. The smallest absolute Gasteiger partial charge is 0.410 e. The molecule has 1 unspecified atom stereocenters. The van der Waals surface area contributed by atoms with Gasteiger partial charge in [0.15, 0.2) is 0 Å². The molecule has 1 amide bonds. The molecule has 1 fully saturated rings. The van der Waals surface area contributed by atoms with E-state index in [0.717, 1.165) is 11.3 Å². The highest BCUT2D eigenvalue weighted by Crippen LogP contribution is 2.26. The van der Waals surface area contributed by atoms with Gasteiger partial charge in [0.2, 0.25) is 0 Å². The van der Waals surface area contributed by atoms with Gasteiger partial charge in [-0.3, -0.25) is 0 Å². The number of nitrogens with two attached hydrogens (primary N) is 1. The molecule has 1 saturated heterocycles. The molecule has 1 aromatic heterocycles. The maximum absolute atomic E-state index is 14.3. The van der Waals surface area contributed by atoms with Crippen LogP contribution in [0.2, 0.25) is 0 Å². The zero-order chi connectivity index (χ0) is 24.7. The minimum atomic E-state index is -1.07. The Morgan fingerprint density at radius 1 is 1.26 bits per heavy atom. The van der Waals surface area contributed by atoms with E-state index in [1.807, 2.05) is 58.0 Å². The molecule has 0 aliphatic carbocycles. The fourth-order valence-corrected chi connectivity index (χ4v) is 4.13. The Balaban J connectivity index is 1.55. The Bertz CT molecular complexity index is 915. The summed E-state index contributed by atoms with van der Waals surface area (Å²) in [7, 11) is 0. The lowest BCUT2D eigenvalue weighted by Gasteiger charge is -2.24. The Morgan fingerprint density at radius 3 is 2.68 bits per heavy atom. The third-order valence-corrected chi connectivity index (χ3v) is 5.64. The second-order valence-corrected chi connectivity index (χ2v) is 9.90. The average Bonchev–Trinajstić information content (AvgIpc) is 3.15. The van der Waals surface area contributed by atoms with Crippen molar-refractivity contribution in [3.8, 4) is 0 Å². The molecule has 3 N–H and O–H groups in total. The molecule has 1 aliphatic heterocycles. The van der Waals surface area contributed by atoms with Crippen molar-refractivity contribution in [2.45, 2.75) is 52.0 Å².